The summed E-state index contributed by atoms with van der Waals surface area (Å²) < 4.78 is 22.1. The third-order valence-electron chi connectivity index (χ3n) is 2.52. The van der Waals surface area contributed by atoms with E-state index >= 15 is 0 Å². The Kier molecular flexibility index (Phi) is 5.79. The summed E-state index contributed by atoms with van der Waals surface area (Å²) in [5.41, 5.74) is -0.799. The molecule has 0 amide bonds. The molecule has 16 heavy (non-hydrogen) atoms. The van der Waals surface area contributed by atoms with Crippen LogP contribution in [0.3, 0.4) is 0 Å². The third-order valence-corrected chi connectivity index (χ3v) is 5.58. The zero-order chi connectivity index (χ0) is 13.0. The van der Waals surface area contributed by atoms with Crippen molar-refractivity contribution in [2.75, 3.05) is 31.4 Å². The largest absolute Gasteiger partial charge is 0.388 e. The summed E-state index contributed by atoms with van der Waals surface area (Å²) in [5, 5.41) is 12.9. The van der Waals surface area contributed by atoms with Gasteiger partial charge in [0.2, 0.25) is 0 Å². The monoisotopic (exact) mass is 269 g/mol. The second-order valence-electron chi connectivity index (χ2n) is 5.07. The van der Waals surface area contributed by atoms with E-state index in [4.69, 9.17) is 0 Å². The molecule has 0 rings (SSSR count). The summed E-state index contributed by atoms with van der Waals surface area (Å²) in [7, 11) is -3.08. The van der Waals surface area contributed by atoms with E-state index in [9.17, 15) is 13.5 Å². The predicted octanol–water partition coefficient (Wildman–Crippen LogP) is 0.513. The lowest BCUT2D eigenvalue weighted by molar-refractivity contribution is 0.0845. The lowest BCUT2D eigenvalue weighted by atomic mass is 10.1. The summed E-state index contributed by atoms with van der Waals surface area (Å²) in [6.07, 6.45) is 3.16. The lowest BCUT2D eigenvalue weighted by Gasteiger charge is -2.27. The highest BCUT2D eigenvalue weighted by Crippen LogP contribution is 2.14. The van der Waals surface area contributed by atoms with E-state index in [1.165, 1.54) is 6.26 Å². The highest BCUT2D eigenvalue weighted by molar-refractivity contribution is 7.98. The van der Waals surface area contributed by atoms with Gasteiger partial charge in [0.05, 0.1) is 10.3 Å². The van der Waals surface area contributed by atoms with E-state index in [2.05, 4.69) is 5.32 Å². The highest BCUT2D eigenvalue weighted by atomic mass is 32.2. The standard InChI is InChI=1S/C10H23NO3S2/c1-9(2,16(5,13)14)6-11-7-10(3,12)8-15-4/h11-12H,6-8H2,1-5H3. The van der Waals surface area contributed by atoms with Crippen molar-refractivity contribution in [3.63, 3.8) is 0 Å². The van der Waals surface area contributed by atoms with Gasteiger partial charge >= 0.3 is 0 Å². The molecule has 0 aliphatic rings. The quantitative estimate of drug-likeness (QED) is 0.705. The van der Waals surface area contributed by atoms with Crippen LogP contribution in [0, 0.1) is 0 Å². The Morgan fingerprint density at radius 1 is 1.25 bits per heavy atom. The molecule has 1 unspecified atom stereocenters. The van der Waals surface area contributed by atoms with Crippen molar-refractivity contribution in [3.8, 4) is 0 Å². The molecule has 0 aliphatic heterocycles. The van der Waals surface area contributed by atoms with Gasteiger partial charge in [-0.25, -0.2) is 8.42 Å². The molecule has 0 spiro atoms. The van der Waals surface area contributed by atoms with Crippen LogP contribution in [0.15, 0.2) is 0 Å². The van der Waals surface area contributed by atoms with E-state index in [-0.39, 0.29) is 0 Å². The molecule has 0 saturated heterocycles. The topological polar surface area (TPSA) is 66.4 Å². The normalized spacial score (nSPS) is 17.1. The summed E-state index contributed by atoms with van der Waals surface area (Å²) >= 11 is 1.56. The van der Waals surface area contributed by atoms with E-state index in [0.717, 1.165) is 0 Å². The van der Waals surface area contributed by atoms with Crippen molar-refractivity contribution in [3.05, 3.63) is 0 Å². The Bertz CT molecular complexity index is 310. The van der Waals surface area contributed by atoms with Crippen LogP contribution in [-0.4, -0.2) is 55.2 Å². The Labute approximate surface area is 103 Å². The number of nitrogens with one attached hydrogen (secondary N) is 1. The van der Waals surface area contributed by atoms with Gasteiger partial charge in [0.25, 0.3) is 0 Å². The Morgan fingerprint density at radius 3 is 2.12 bits per heavy atom. The maximum atomic E-state index is 11.4. The summed E-state index contributed by atoms with van der Waals surface area (Å²) in [4.78, 5) is 0. The van der Waals surface area contributed by atoms with Crippen LogP contribution >= 0.6 is 11.8 Å². The van der Waals surface area contributed by atoms with Gasteiger partial charge in [-0.15, -0.1) is 0 Å². The summed E-state index contributed by atoms with van der Waals surface area (Å²) in [6.45, 7) is 5.84. The molecule has 4 nitrogen and oxygen atoms in total. The van der Waals surface area contributed by atoms with Crippen molar-refractivity contribution in [1.29, 1.82) is 0 Å². The first-order valence-corrected chi connectivity index (χ1v) is 8.42. The third kappa shape index (κ3) is 5.52. The van der Waals surface area contributed by atoms with Crippen molar-refractivity contribution in [2.45, 2.75) is 31.1 Å². The number of sulfone groups is 1. The summed E-state index contributed by atoms with van der Waals surface area (Å²) in [5.74, 6) is 0.624. The van der Waals surface area contributed by atoms with Crippen molar-refractivity contribution in [1.82, 2.24) is 5.32 Å². The molecule has 0 aromatic rings. The fourth-order valence-electron chi connectivity index (χ4n) is 1.13. The SMILES string of the molecule is CSCC(C)(O)CNCC(C)(C)S(C)(=O)=O. The minimum atomic E-state index is -3.08. The van der Waals surface area contributed by atoms with Gasteiger partial charge in [0.1, 0.15) is 0 Å². The molecule has 0 fully saturated rings. The van der Waals surface area contributed by atoms with Gasteiger partial charge < -0.3 is 10.4 Å². The zero-order valence-electron chi connectivity index (χ0n) is 10.7. The van der Waals surface area contributed by atoms with Crippen molar-refractivity contribution < 1.29 is 13.5 Å². The number of rotatable bonds is 7. The molecule has 0 bridgehead atoms. The van der Waals surface area contributed by atoms with E-state index in [1.54, 1.807) is 32.5 Å². The Hall–Kier alpha value is 0.220. The van der Waals surface area contributed by atoms with Crippen LogP contribution in [0.5, 0.6) is 0 Å². The molecule has 1 atom stereocenters. The van der Waals surface area contributed by atoms with Crippen LogP contribution in [0.25, 0.3) is 0 Å². The zero-order valence-corrected chi connectivity index (χ0v) is 12.3. The number of hydrogen-bond donors (Lipinski definition) is 2. The first-order valence-electron chi connectivity index (χ1n) is 5.13. The molecule has 0 aromatic heterocycles. The van der Waals surface area contributed by atoms with Crippen LogP contribution in [-0.2, 0) is 9.84 Å². The second kappa shape index (κ2) is 5.71. The summed E-state index contributed by atoms with van der Waals surface area (Å²) in [6, 6.07) is 0. The van der Waals surface area contributed by atoms with Crippen molar-refractivity contribution in [2.24, 2.45) is 0 Å². The molecule has 0 heterocycles. The smallest absolute Gasteiger partial charge is 0.153 e. The molecule has 0 aliphatic carbocycles. The van der Waals surface area contributed by atoms with Gasteiger partial charge in [0, 0.05) is 25.1 Å². The van der Waals surface area contributed by atoms with Gasteiger partial charge in [-0.2, -0.15) is 11.8 Å². The van der Waals surface area contributed by atoms with Crippen LogP contribution < -0.4 is 5.32 Å². The molecule has 0 saturated carbocycles. The fraction of sp³-hybridized carbons (Fsp3) is 1.00. The first kappa shape index (κ1) is 16.2. The average molecular weight is 269 g/mol. The van der Waals surface area contributed by atoms with Gasteiger partial charge in [-0.05, 0) is 27.0 Å². The highest BCUT2D eigenvalue weighted by Gasteiger charge is 2.30. The number of aliphatic hydroxyl groups is 1. The van der Waals surface area contributed by atoms with Gasteiger partial charge in [-0.3, -0.25) is 0 Å². The minimum Gasteiger partial charge on any atom is -0.388 e. The van der Waals surface area contributed by atoms with E-state index in [0.29, 0.717) is 18.8 Å². The molecule has 0 radical (unpaired) electrons. The minimum absolute atomic E-state index is 0.344. The maximum Gasteiger partial charge on any atom is 0.153 e. The van der Waals surface area contributed by atoms with Gasteiger partial charge in [0.15, 0.2) is 9.84 Å². The Balaban J connectivity index is 4.19. The van der Waals surface area contributed by atoms with E-state index in [1.807, 2.05) is 6.26 Å². The van der Waals surface area contributed by atoms with Gasteiger partial charge in [-0.1, -0.05) is 0 Å². The molecule has 6 heteroatoms. The molecular weight excluding hydrogens is 246 g/mol. The molecular formula is C10H23NO3S2. The maximum absolute atomic E-state index is 11.4. The fourth-order valence-corrected chi connectivity index (χ4v) is 2.21. The van der Waals surface area contributed by atoms with Crippen molar-refractivity contribution >= 4 is 21.6 Å². The molecule has 98 valence electrons. The van der Waals surface area contributed by atoms with E-state index < -0.39 is 20.2 Å². The number of hydrogen-bond acceptors (Lipinski definition) is 5. The number of thioether (sulfide) groups is 1. The Morgan fingerprint density at radius 2 is 1.75 bits per heavy atom. The second-order valence-corrected chi connectivity index (χ2v) is 8.58. The average Bonchev–Trinajstić information content (AvgIpc) is 2.00. The van der Waals surface area contributed by atoms with Crippen LogP contribution in [0.4, 0.5) is 0 Å². The molecule has 2 N–H and O–H groups in total. The van der Waals surface area contributed by atoms with Crippen LogP contribution in [0.2, 0.25) is 0 Å². The lowest BCUT2D eigenvalue weighted by Crippen LogP contribution is -2.47. The molecule has 0 aromatic carbocycles. The first-order chi connectivity index (χ1) is 7.02. The van der Waals surface area contributed by atoms with Crippen LogP contribution in [0.1, 0.15) is 20.8 Å². The predicted molar refractivity (Wildman–Crippen MR) is 70.8 cm³/mol.